The molecule has 0 saturated heterocycles. The number of hydrazone groups is 1. The van der Waals surface area contributed by atoms with Crippen LogP contribution in [-0.2, 0) is 0 Å². The summed E-state index contributed by atoms with van der Waals surface area (Å²) in [7, 11) is 0. The van der Waals surface area contributed by atoms with Crippen LogP contribution in [0.5, 0.6) is 11.5 Å². The Kier molecular flexibility index (Phi) is 5.66. The molecule has 5 nitrogen and oxygen atoms in total. The fraction of sp³-hybridized carbons (Fsp3) is 0.111. The number of phenols is 1. The van der Waals surface area contributed by atoms with Crippen molar-refractivity contribution in [3.8, 4) is 11.5 Å². The number of carbonyl (C=O) groups is 1. The molecule has 1 aromatic heterocycles. The zero-order valence-electron chi connectivity index (χ0n) is 13.6. The molecule has 0 aliphatic rings. The van der Waals surface area contributed by atoms with E-state index in [1.54, 1.807) is 30.3 Å². The molecule has 0 aliphatic carbocycles. The summed E-state index contributed by atoms with van der Waals surface area (Å²) in [6.07, 6.45) is 1.46. The number of thiophene rings is 1. The van der Waals surface area contributed by atoms with E-state index in [-0.39, 0.29) is 5.75 Å². The summed E-state index contributed by atoms with van der Waals surface area (Å²) < 4.78 is 6.14. The van der Waals surface area contributed by atoms with Gasteiger partial charge in [-0.05, 0) is 42.8 Å². The van der Waals surface area contributed by atoms with E-state index >= 15 is 0 Å². The van der Waals surface area contributed by atoms with Crippen LogP contribution in [0.25, 0.3) is 10.1 Å². The van der Waals surface area contributed by atoms with Crippen molar-refractivity contribution in [1.82, 2.24) is 5.43 Å². The van der Waals surface area contributed by atoms with E-state index in [1.807, 2.05) is 6.92 Å². The molecule has 0 radical (unpaired) electrons. The van der Waals surface area contributed by atoms with Crippen LogP contribution in [0.3, 0.4) is 0 Å². The second-order valence-electron chi connectivity index (χ2n) is 5.24. The van der Waals surface area contributed by atoms with Gasteiger partial charge in [-0.15, -0.1) is 11.3 Å². The fourth-order valence-corrected chi connectivity index (χ4v) is 3.97. The number of amides is 1. The number of halogens is 2. The molecule has 2 aromatic carbocycles. The number of carbonyl (C=O) groups excluding carboxylic acids is 1. The summed E-state index contributed by atoms with van der Waals surface area (Å²) in [6.45, 7) is 2.25. The summed E-state index contributed by atoms with van der Waals surface area (Å²) in [5, 5.41) is 15.4. The maximum absolute atomic E-state index is 12.3. The molecule has 26 heavy (non-hydrogen) atoms. The predicted molar refractivity (Wildman–Crippen MR) is 106 cm³/mol. The minimum absolute atomic E-state index is 0.0451. The van der Waals surface area contributed by atoms with Crippen LogP contribution in [0.4, 0.5) is 0 Å². The summed E-state index contributed by atoms with van der Waals surface area (Å²) >= 11 is 13.5. The predicted octanol–water partition coefficient (Wildman–Crippen LogP) is 5.08. The van der Waals surface area contributed by atoms with E-state index in [0.717, 1.165) is 10.1 Å². The molecular weight excluding hydrogens is 395 g/mol. The van der Waals surface area contributed by atoms with Crippen molar-refractivity contribution in [3.05, 3.63) is 56.9 Å². The first-order valence-electron chi connectivity index (χ1n) is 7.66. The third-order valence-electron chi connectivity index (χ3n) is 3.46. The van der Waals surface area contributed by atoms with E-state index in [4.69, 9.17) is 27.9 Å². The first kappa shape index (κ1) is 18.5. The summed E-state index contributed by atoms with van der Waals surface area (Å²) in [5.74, 6) is -0.0108. The third kappa shape index (κ3) is 3.93. The Morgan fingerprint density at radius 3 is 2.88 bits per heavy atom. The quantitative estimate of drug-likeness (QED) is 0.456. The zero-order valence-corrected chi connectivity index (χ0v) is 16.0. The van der Waals surface area contributed by atoms with Crippen molar-refractivity contribution in [3.63, 3.8) is 0 Å². The number of nitrogens with zero attached hydrogens (tertiary/aromatic N) is 1. The van der Waals surface area contributed by atoms with Crippen LogP contribution in [0, 0.1) is 0 Å². The molecule has 2 N–H and O–H groups in total. The van der Waals surface area contributed by atoms with Gasteiger partial charge < -0.3 is 9.84 Å². The normalized spacial score (nSPS) is 11.2. The lowest BCUT2D eigenvalue weighted by atomic mass is 10.2. The highest BCUT2D eigenvalue weighted by atomic mass is 35.5. The SMILES string of the molecule is CCOc1cc(/C=N/NC(=O)c2sc3cc(Cl)ccc3c2Cl)ccc1O. The second-order valence-corrected chi connectivity index (χ2v) is 7.11. The number of phenolic OH excluding ortho intramolecular Hbond substituents is 1. The van der Waals surface area contributed by atoms with Crippen LogP contribution in [0.1, 0.15) is 22.2 Å². The lowest BCUT2D eigenvalue weighted by Gasteiger charge is -2.05. The fourth-order valence-electron chi connectivity index (χ4n) is 2.28. The Bertz CT molecular complexity index is 1000. The van der Waals surface area contributed by atoms with Crippen molar-refractivity contribution >= 4 is 56.7 Å². The molecule has 0 atom stereocenters. The van der Waals surface area contributed by atoms with Gasteiger partial charge in [0.25, 0.3) is 5.91 Å². The van der Waals surface area contributed by atoms with Crippen LogP contribution in [0.2, 0.25) is 10.0 Å². The standard InChI is InChI=1S/C18H14Cl2N2O3S/c1-2-25-14-7-10(3-6-13(14)23)9-21-22-18(24)17-16(20)12-5-4-11(19)8-15(12)26-17/h3-9,23H,2H2,1H3,(H,22,24)/b21-9+. The van der Waals surface area contributed by atoms with Gasteiger partial charge in [-0.1, -0.05) is 29.3 Å². The van der Waals surface area contributed by atoms with Gasteiger partial charge in [0.2, 0.25) is 0 Å². The van der Waals surface area contributed by atoms with Gasteiger partial charge in [-0.25, -0.2) is 5.43 Å². The number of rotatable bonds is 5. The van der Waals surface area contributed by atoms with Gasteiger partial charge >= 0.3 is 0 Å². The maximum atomic E-state index is 12.3. The van der Waals surface area contributed by atoms with E-state index < -0.39 is 5.91 Å². The van der Waals surface area contributed by atoms with Gasteiger partial charge in [0.15, 0.2) is 11.5 Å². The average molecular weight is 409 g/mol. The molecule has 0 unspecified atom stereocenters. The van der Waals surface area contributed by atoms with Crippen molar-refractivity contribution in [2.45, 2.75) is 6.92 Å². The van der Waals surface area contributed by atoms with E-state index in [0.29, 0.717) is 32.8 Å². The van der Waals surface area contributed by atoms with Crippen molar-refractivity contribution < 1.29 is 14.6 Å². The van der Waals surface area contributed by atoms with Crippen LogP contribution < -0.4 is 10.2 Å². The number of fused-ring (bicyclic) bond motifs is 1. The Morgan fingerprint density at radius 1 is 1.31 bits per heavy atom. The van der Waals surface area contributed by atoms with Crippen LogP contribution in [0.15, 0.2) is 41.5 Å². The van der Waals surface area contributed by atoms with Gasteiger partial charge in [-0.2, -0.15) is 5.10 Å². The Labute approximate surface area is 163 Å². The van der Waals surface area contributed by atoms with Gasteiger partial charge in [-0.3, -0.25) is 4.79 Å². The second kappa shape index (κ2) is 7.95. The topological polar surface area (TPSA) is 70.9 Å². The number of hydrogen-bond acceptors (Lipinski definition) is 5. The molecule has 1 heterocycles. The Hall–Kier alpha value is -2.28. The molecule has 3 rings (SSSR count). The summed E-state index contributed by atoms with van der Waals surface area (Å²) in [4.78, 5) is 12.7. The monoisotopic (exact) mass is 408 g/mol. The number of benzene rings is 2. The molecular formula is C18H14Cl2N2O3S. The largest absolute Gasteiger partial charge is 0.504 e. The smallest absolute Gasteiger partial charge is 0.283 e. The van der Waals surface area contributed by atoms with E-state index in [1.165, 1.54) is 23.6 Å². The number of aromatic hydroxyl groups is 1. The summed E-state index contributed by atoms with van der Waals surface area (Å²) in [6, 6.07) is 10.1. The average Bonchev–Trinajstić information content (AvgIpc) is 2.94. The molecule has 0 fully saturated rings. The highest BCUT2D eigenvalue weighted by molar-refractivity contribution is 7.21. The molecule has 134 valence electrons. The lowest BCUT2D eigenvalue weighted by Crippen LogP contribution is -2.16. The molecule has 1 amide bonds. The van der Waals surface area contributed by atoms with Crippen molar-refractivity contribution in [2.75, 3.05) is 6.61 Å². The molecule has 0 bridgehead atoms. The highest BCUT2D eigenvalue weighted by Gasteiger charge is 2.16. The molecule has 8 heteroatoms. The van der Waals surface area contributed by atoms with Crippen LogP contribution in [-0.4, -0.2) is 23.8 Å². The zero-order chi connectivity index (χ0) is 18.7. The van der Waals surface area contributed by atoms with Crippen molar-refractivity contribution in [1.29, 1.82) is 0 Å². The highest BCUT2D eigenvalue weighted by Crippen LogP contribution is 2.36. The van der Waals surface area contributed by atoms with Gasteiger partial charge in [0.05, 0.1) is 17.8 Å². The minimum atomic E-state index is -0.410. The number of hydrogen-bond donors (Lipinski definition) is 2. The molecule has 0 spiro atoms. The Morgan fingerprint density at radius 2 is 2.12 bits per heavy atom. The van der Waals surface area contributed by atoms with Crippen molar-refractivity contribution in [2.24, 2.45) is 5.10 Å². The van der Waals surface area contributed by atoms with Gasteiger partial charge in [0, 0.05) is 15.1 Å². The molecule has 3 aromatic rings. The van der Waals surface area contributed by atoms with E-state index in [9.17, 15) is 9.90 Å². The van der Waals surface area contributed by atoms with Crippen LogP contribution >= 0.6 is 34.5 Å². The van der Waals surface area contributed by atoms with E-state index in [2.05, 4.69) is 10.5 Å². The van der Waals surface area contributed by atoms with Gasteiger partial charge in [0.1, 0.15) is 4.88 Å². The summed E-state index contributed by atoms with van der Waals surface area (Å²) in [5.41, 5.74) is 3.12. The Balaban J connectivity index is 1.76. The number of ether oxygens (including phenoxy) is 1. The molecule has 0 saturated carbocycles. The third-order valence-corrected chi connectivity index (χ3v) is 5.35. The number of nitrogens with one attached hydrogen (secondary N) is 1. The molecule has 0 aliphatic heterocycles. The maximum Gasteiger partial charge on any atom is 0.283 e. The lowest BCUT2D eigenvalue weighted by molar-refractivity contribution is 0.0959. The first-order valence-corrected chi connectivity index (χ1v) is 9.23. The first-order chi connectivity index (χ1) is 12.5. The minimum Gasteiger partial charge on any atom is -0.504 e.